The predicted octanol–water partition coefficient (Wildman–Crippen LogP) is 4.16. The number of rotatable bonds is 3. The molecule has 1 nitrogen and oxygen atoms in total. The Morgan fingerprint density at radius 2 is 1.36 bits per heavy atom. The van der Waals surface area contributed by atoms with Crippen molar-refractivity contribution in [2.45, 2.75) is 77.9 Å². The Kier molecular flexibility index (Phi) is 4.43. The lowest BCUT2D eigenvalue weighted by Gasteiger charge is -2.38. The van der Waals surface area contributed by atoms with Crippen molar-refractivity contribution >= 4 is 0 Å². The van der Waals surface area contributed by atoms with E-state index < -0.39 is 0 Å². The van der Waals surface area contributed by atoms with Gasteiger partial charge in [0.05, 0.1) is 11.7 Å². The van der Waals surface area contributed by atoms with Gasteiger partial charge in [0, 0.05) is 0 Å². The van der Waals surface area contributed by atoms with E-state index in [-0.39, 0.29) is 5.60 Å². The van der Waals surface area contributed by atoms with Crippen molar-refractivity contribution in [3.8, 4) is 0 Å². The van der Waals surface area contributed by atoms with Crippen LogP contribution in [-0.2, 0) is 4.74 Å². The molecule has 0 heterocycles. The molecule has 0 radical (unpaired) electrons. The first-order valence-corrected chi connectivity index (χ1v) is 6.25. The summed E-state index contributed by atoms with van der Waals surface area (Å²) in [6.45, 7) is 8.95. The van der Waals surface area contributed by atoms with Gasteiger partial charge in [-0.3, -0.25) is 0 Å². The summed E-state index contributed by atoms with van der Waals surface area (Å²) in [4.78, 5) is 0. The van der Waals surface area contributed by atoms with Gasteiger partial charge in [-0.05, 0) is 32.6 Å². The number of hydrogen-bond acceptors (Lipinski definition) is 1. The van der Waals surface area contributed by atoms with Crippen molar-refractivity contribution in [2.24, 2.45) is 5.92 Å². The monoisotopic (exact) mass is 198 g/mol. The first-order valence-electron chi connectivity index (χ1n) is 6.25. The van der Waals surface area contributed by atoms with Crippen molar-refractivity contribution in [2.75, 3.05) is 0 Å². The van der Waals surface area contributed by atoms with E-state index in [0.29, 0.717) is 12.0 Å². The van der Waals surface area contributed by atoms with Gasteiger partial charge in [-0.2, -0.15) is 0 Å². The highest BCUT2D eigenvalue weighted by molar-refractivity contribution is 4.86. The molecule has 0 aromatic rings. The van der Waals surface area contributed by atoms with E-state index in [2.05, 4.69) is 27.7 Å². The van der Waals surface area contributed by atoms with Crippen LogP contribution in [0.4, 0.5) is 0 Å². The molecular formula is C13H26O. The van der Waals surface area contributed by atoms with Crippen LogP contribution in [0.15, 0.2) is 0 Å². The van der Waals surface area contributed by atoms with Crippen LogP contribution in [0.25, 0.3) is 0 Å². The van der Waals surface area contributed by atoms with E-state index in [9.17, 15) is 0 Å². The predicted molar refractivity (Wildman–Crippen MR) is 61.5 cm³/mol. The third kappa shape index (κ3) is 2.98. The summed E-state index contributed by atoms with van der Waals surface area (Å²) in [6, 6.07) is 0. The van der Waals surface area contributed by atoms with Crippen LogP contribution in [0.5, 0.6) is 0 Å². The van der Waals surface area contributed by atoms with E-state index in [0.717, 1.165) is 0 Å². The largest absolute Gasteiger partial charge is 0.372 e. The minimum Gasteiger partial charge on any atom is -0.372 e. The highest BCUT2D eigenvalue weighted by Gasteiger charge is 2.35. The summed E-state index contributed by atoms with van der Waals surface area (Å²) in [5.74, 6) is 0.656. The molecule has 1 saturated carbocycles. The first-order chi connectivity index (χ1) is 6.57. The second kappa shape index (κ2) is 5.16. The Labute approximate surface area is 89.2 Å². The molecule has 1 heteroatoms. The fourth-order valence-electron chi connectivity index (χ4n) is 2.63. The Morgan fingerprint density at radius 1 is 0.857 bits per heavy atom. The zero-order chi connectivity index (χ0) is 10.6. The third-order valence-electron chi connectivity index (χ3n) is 3.47. The Balaban J connectivity index is 2.67. The molecular weight excluding hydrogens is 172 g/mol. The first kappa shape index (κ1) is 12.0. The molecule has 84 valence electrons. The Morgan fingerprint density at radius 3 is 1.71 bits per heavy atom. The fraction of sp³-hybridized carbons (Fsp3) is 1.00. The molecule has 0 unspecified atom stereocenters. The van der Waals surface area contributed by atoms with Gasteiger partial charge in [-0.1, -0.05) is 39.5 Å². The lowest BCUT2D eigenvalue weighted by Crippen LogP contribution is -2.40. The highest BCUT2D eigenvalue weighted by Crippen LogP contribution is 2.37. The highest BCUT2D eigenvalue weighted by atomic mass is 16.5. The molecule has 0 N–H and O–H groups in total. The van der Waals surface area contributed by atoms with Gasteiger partial charge in [0.1, 0.15) is 0 Å². The van der Waals surface area contributed by atoms with Crippen LogP contribution in [0.3, 0.4) is 0 Å². The maximum Gasteiger partial charge on any atom is 0.0708 e. The average molecular weight is 198 g/mol. The van der Waals surface area contributed by atoms with E-state index >= 15 is 0 Å². The van der Waals surface area contributed by atoms with Crippen molar-refractivity contribution < 1.29 is 4.74 Å². The fourth-order valence-corrected chi connectivity index (χ4v) is 2.63. The number of hydrogen-bond donors (Lipinski definition) is 0. The van der Waals surface area contributed by atoms with Crippen molar-refractivity contribution in [1.82, 2.24) is 0 Å². The summed E-state index contributed by atoms with van der Waals surface area (Å²) < 4.78 is 6.22. The maximum absolute atomic E-state index is 6.22. The molecule has 14 heavy (non-hydrogen) atoms. The summed E-state index contributed by atoms with van der Waals surface area (Å²) in [5.41, 5.74) is 0.185. The lowest BCUT2D eigenvalue weighted by molar-refractivity contribution is -0.118. The molecule has 1 aliphatic carbocycles. The van der Waals surface area contributed by atoms with Gasteiger partial charge in [0.15, 0.2) is 0 Å². The second-order valence-corrected chi connectivity index (χ2v) is 5.30. The third-order valence-corrected chi connectivity index (χ3v) is 3.47. The summed E-state index contributed by atoms with van der Waals surface area (Å²) in [6.07, 6.45) is 8.41. The minimum absolute atomic E-state index is 0.185. The van der Waals surface area contributed by atoms with E-state index in [1.54, 1.807) is 0 Å². The van der Waals surface area contributed by atoms with Crippen LogP contribution in [0.1, 0.15) is 66.2 Å². The van der Waals surface area contributed by atoms with Crippen molar-refractivity contribution in [3.63, 3.8) is 0 Å². The van der Waals surface area contributed by atoms with Crippen molar-refractivity contribution in [1.29, 1.82) is 0 Å². The minimum atomic E-state index is 0.185. The maximum atomic E-state index is 6.22. The SMILES string of the molecule is CC(C)OC1(C(C)C)CCCCCC1. The van der Waals surface area contributed by atoms with Crippen LogP contribution in [0, 0.1) is 5.92 Å². The molecule has 1 rings (SSSR count). The van der Waals surface area contributed by atoms with Crippen LogP contribution in [-0.4, -0.2) is 11.7 Å². The quantitative estimate of drug-likeness (QED) is 0.619. The van der Waals surface area contributed by atoms with Crippen LogP contribution in [0.2, 0.25) is 0 Å². The van der Waals surface area contributed by atoms with Gasteiger partial charge in [0.2, 0.25) is 0 Å². The van der Waals surface area contributed by atoms with E-state index in [1.165, 1.54) is 38.5 Å². The molecule has 0 aliphatic heterocycles. The topological polar surface area (TPSA) is 9.23 Å². The molecule has 1 aliphatic rings. The van der Waals surface area contributed by atoms with Crippen molar-refractivity contribution in [3.05, 3.63) is 0 Å². The van der Waals surface area contributed by atoms with Gasteiger partial charge >= 0.3 is 0 Å². The standard InChI is InChI=1S/C13H26O/c1-11(2)13(14-12(3)4)9-7-5-6-8-10-13/h11-12H,5-10H2,1-4H3. The van der Waals surface area contributed by atoms with E-state index in [4.69, 9.17) is 4.74 Å². The summed E-state index contributed by atoms with van der Waals surface area (Å²) >= 11 is 0. The van der Waals surface area contributed by atoms with Gasteiger partial charge < -0.3 is 4.74 Å². The smallest absolute Gasteiger partial charge is 0.0708 e. The van der Waals surface area contributed by atoms with E-state index in [1.807, 2.05) is 0 Å². The molecule has 0 spiro atoms. The second-order valence-electron chi connectivity index (χ2n) is 5.30. The Hall–Kier alpha value is -0.0400. The molecule has 0 bridgehead atoms. The average Bonchev–Trinajstić information content (AvgIpc) is 2.29. The normalized spacial score (nSPS) is 22.7. The zero-order valence-corrected chi connectivity index (χ0v) is 10.3. The molecule has 0 aromatic heterocycles. The molecule has 0 amide bonds. The van der Waals surface area contributed by atoms with Gasteiger partial charge in [0.25, 0.3) is 0 Å². The summed E-state index contributed by atoms with van der Waals surface area (Å²) in [7, 11) is 0. The van der Waals surface area contributed by atoms with Crippen LogP contribution >= 0.6 is 0 Å². The van der Waals surface area contributed by atoms with Gasteiger partial charge in [-0.15, -0.1) is 0 Å². The van der Waals surface area contributed by atoms with Gasteiger partial charge in [-0.25, -0.2) is 0 Å². The van der Waals surface area contributed by atoms with Crippen LogP contribution < -0.4 is 0 Å². The molecule has 0 saturated heterocycles. The molecule has 1 fully saturated rings. The number of ether oxygens (including phenoxy) is 1. The Bertz CT molecular complexity index is 153. The zero-order valence-electron chi connectivity index (χ0n) is 10.3. The summed E-state index contributed by atoms with van der Waals surface area (Å²) in [5, 5.41) is 0. The molecule has 0 atom stereocenters. The lowest BCUT2D eigenvalue weighted by atomic mass is 9.83. The molecule has 0 aromatic carbocycles.